The topological polar surface area (TPSA) is 102 Å². The number of thioether (sulfide) groups is 1. The van der Waals surface area contributed by atoms with Gasteiger partial charge in [-0.15, -0.1) is 0 Å². The fourth-order valence-corrected chi connectivity index (χ4v) is 3.46. The summed E-state index contributed by atoms with van der Waals surface area (Å²) in [6, 6.07) is 6.28. The molecule has 152 valence electrons. The van der Waals surface area contributed by atoms with Crippen molar-refractivity contribution in [2.45, 2.75) is 32.0 Å². The number of ether oxygens (including phenoxy) is 1. The Hall–Kier alpha value is -2.39. The van der Waals surface area contributed by atoms with Crippen LogP contribution in [0.4, 0.5) is 4.79 Å². The summed E-state index contributed by atoms with van der Waals surface area (Å²) in [5, 5.41) is 5.82. The summed E-state index contributed by atoms with van der Waals surface area (Å²) in [7, 11) is 1.56. The number of carbonyl (C=O) groups is 2. The molecule has 1 aromatic carbocycles. The molecule has 0 radical (unpaired) electrons. The molecule has 0 fully saturated rings. The van der Waals surface area contributed by atoms with Gasteiger partial charge in [-0.05, 0) is 25.0 Å². The van der Waals surface area contributed by atoms with E-state index >= 15 is 0 Å². The van der Waals surface area contributed by atoms with Crippen LogP contribution in [0.2, 0.25) is 0 Å². The summed E-state index contributed by atoms with van der Waals surface area (Å²) < 4.78 is 6.71. The van der Waals surface area contributed by atoms with E-state index in [4.69, 9.17) is 4.74 Å². The Morgan fingerprint density at radius 3 is 2.64 bits per heavy atom. The summed E-state index contributed by atoms with van der Waals surface area (Å²) in [6.07, 6.45) is 0. The highest BCUT2D eigenvalue weighted by Gasteiger charge is 2.18. The van der Waals surface area contributed by atoms with E-state index in [1.807, 2.05) is 20.8 Å². The van der Waals surface area contributed by atoms with Crippen molar-refractivity contribution in [1.82, 2.24) is 20.2 Å². The van der Waals surface area contributed by atoms with Crippen LogP contribution in [0, 0.1) is 5.92 Å². The Kier molecular flexibility index (Phi) is 8.01. The van der Waals surface area contributed by atoms with Gasteiger partial charge in [-0.3, -0.25) is 19.5 Å². The molecule has 0 saturated heterocycles. The van der Waals surface area contributed by atoms with E-state index in [9.17, 15) is 14.4 Å². The Bertz CT molecular complexity index is 897. The highest BCUT2D eigenvalue weighted by atomic mass is 32.2. The molecule has 0 saturated carbocycles. The van der Waals surface area contributed by atoms with Crippen LogP contribution in [0.3, 0.4) is 0 Å². The monoisotopic (exact) mass is 406 g/mol. The Labute approximate surface area is 168 Å². The van der Waals surface area contributed by atoms with Crippen molar-refractivity contribution in [1.29, 1.82) is 0 Å². The highest BCUT2D eigenvalue weighted by Crippen LogP contribution is 2.21. The second-order valence-electron chi connectivity index (χ2n) is 6.83. The quantitative estimate of drug-likeness (QED) is 0.515. The largest absolute Gasteiger partial charge is 0.383 e. The molecule has 1 atom stereocenters. The number of amides is 3. The first-order valence-electron chi connectivity index (χ1n) is 9.04. The van der Waals surface area contributed by atoms with Crippen LogP contribution in [-0.4, -0.2) is 47.5 Å². The Morgan fingerprint density at radius 1 is 1.25 bits per heavy atom. The van der Waals surface area contributed by atoms with E-state index in [-0.39, 0.29) is 23.3 Å². The number of hydrogen-bond acceptors (Lipinski definition) is 6. The van der Waals surface area contributed by atoms with Gasteiger partial charge in [0, 0.05) is 13.7 Å². The van der Waals surface area contributed by atoms with E-state index in [1.54, 1.807) is 31.4 Å². The third-order valence-electron chi connectivity index (χ3n) is 3.88. The fourth-order valence-electron chi connectivity index (χ4n) is 2.57. The summed E-state index contributed by atoms with van der Waals surface area (Å²) in [5.41, 5.74) is 0.374. The Balaban J connectivity index is 2.18. The smallest absolute Gasteiger partial charge is 0.321 e. The number of benzene rings is 1. The van der Waals surface area contributed by atoms with Gasteiger partial charge in [0.15, 0.2) is 5.16 Å². The zero-order valence-electron chi connectivity index (χ0n) is 16.5. The summed E-state index contributed by atoms with van der Waals surface area (Å²) in [4.78, 5) is 41.3. The van der Waals surface area contributed by atoms with Crippen LogP contribution in [0.15, 0.2) is 34.2 Å². The van der Waals surface area contributed by atoms with E-state index in [0.717, 1.165) is 11.8 Å². The van der Waals surface area contributed by atoms with Crippen LogP contribution in [0.1, 0.15) is 26.8 Å². The molecule has 8 nitrogen and oxygen atoms in total. The van der Waals surface area contributed by atoms with E-state index in [0.29, 0.717) is 29.2 Å². The molecule has 1 heterocycles. The van der Waals surface area contributed by atoms with Gasteiger partial charge in [0.25, 0.3) is 5.56 Å². The number of imide groups is 1. The lowest BCUT2D eigenvalue weighted by Crippen LogP contribution is -2.41. The van der Waals surface area contributed by atoms with Gasteiger partial charge >= 0.3 is 6.03 Å². The molecule has 1 aromatic heterocycles. The maximum absolute atomic E-state index is 12.9. The van der Waals surface area contributed by atoms with Crippen molar-refractivity contribution in [3.63, 3.8) is 0 Å². The van der Waals surface area contributed by atoms with Gasteiger partial charge in [-0.25, -0.2) is 9.78 Å². The Morgan fingerprint density at radius 2 is 1.96 bits per heavy atom. The van der Waals surface area contributed by atoms with Crippen LogP contribution in [0.5, 0.6) is 0 Å². The number of urea groups is 1. The molecule has 0 unspecified atom stereocenters. The summed E-state index contributed by atoms with van der Waals surface area (Å²) in [6.45, 7) is 6.59. The molecule has 28 heavy (non-hydrogen) atoms. The minimum atomic E-state index is -0.532. The summed E-state index contributed by atoms with van der Waals surface area (Å²) in [5.74, 6) is -0.215. The number of methoxy groups -OCH3 is 1. The number of nitrogens with zero attached hydrogens (tertiary/aromatic N) is 2. The zero-order valence-corrected chi connectivity index (χ0v) is 17.3. The van der Waals surface area contributed by atoms with E-state index in [2.05, 4.69) is 15.6 Å². The molecule has 0 spiro atoms. The number of nitrogens with one attached hydrogen (secondary N) is 2. The second-order valence-corrected chi connectivity index (χ2v) is 7.77. The molecule has 2 N–H and O–H groups in total. The van der Waals surface area contributed by atoms with Crippen molar-refractivity contribution in [2.24, 2.45) is 5.92 Å². The van der Waals surface area contributed by atoms with Gasteiger partial charge in [-0.1, -0.05) is 37.7 Å². The molecule has 3 amide bonds. The van der Waals surface area contributed by atoms with Gasteiger partial charge < -0.3 is 10.1 Å². The summed E-state index contributed by atoms with van der Waals surface area (Å²) >= 11 is 1.11. The molecular weight excluding hydrogens is 380 g/mol. The molecule has 0 bridgehead atoms. The van der Waals surface area contributed by atoms with Crippen molar-refractivity contribution < 1.29 is 14.3 Å². The van der Waals surface area contributed by atoms with Gasteiger partial charge in [0.1, 0.15) is 0 Å². The molecular formula is C19H26N4O4S. The predicted octanol–water partition coefficient (Wildman–Crippen LogP) is 2.18. The van der Waals surface area contributed by atoms with Crippen molar-refractivity contribution in [3.8, 4) is 0 Å². The maximum atomic E-state index is 12.9. The van der Waals surface area contributed by atoms with Crippen molar-refractivity contribution >= 4 is 34.6 Å². The van der Waals surface area contributed by atoms with Crippen LogP contribution < -0.4 is 16.2 Å². The molecule has 0 aliphatic heterocycles. The number of para-hydroxylation sites is 1. The third-order valence-corrected chi connectivity index (χ3v) is 4.83. The second kappa shape index (κ2) is 10.2. The molecule has 0 aliphatic carbocycles. The maximum Gasteiger partial charge on any atom is 0.321 e. The SMILES string of the molecule is COC[C@H](C)n1c(SCC(=O)NC(=O)NCC(C)C)nc2ccccc2c1=O. The first-order valence-corrected chi connectivity index (χ1v) is 10.0. The van der Waals surface area contributed by atoms with Crippen LogP contribution >= 0.6 is 11.8 Å². The number of carbonyl (C=O) groups excluding carboxylic acids is 2. The average molecular weight is 407 g/mol. The zero-order chi connectivity index (χ0) is 20.7. The predicted molar refractivity (Wildman–Crippen MR) is 110 cm³/mol. The lowest BCUT2D eigenvalue weighted by Gasteiger charge is -2.18. The normalized spacial score (nSPS) is 12.2. The number of aromatic nitrogens is 2. The lowest BCUT2D eigenvalue weighted by atomic mass is 10.2. The number of fused-ring (bicyclic) bond motifs is 1. The lowest BCUT2D eigenvalue weighted by molar-refractivity contribution is -0.117. The highest BCUT2D eigenvalue weighted by molar-refractivity contribution is 7.99. The van der Waals surface area contributed by atoms with E-state index in [1.165, 1.54) is 4.57 Å². The standard InChI is InChI=1S/C19H26N4O4S/c1-12(2)9-20-18(26)22-16(24)11-28-19-21-15-8-6-5-7-14(15)17(25)23(19)13(3)10-27-4/h5-8,12-13H,9-11H2,1-4H3,(H2,20,22,24,26)/t13-/m0/s1. The molecule has 2 rings (SSSR count). The molecule has 2 aromatic rings. The minimum absolute atomic E-state index is 0.0421. The van der Waals surface area contributed by atoms with Gasteiger partial charge in [0.05, 0.1) is 29.3 Å². The van der Waals surface area contributed by atoms with Crippen molar-refractivity contribution in [2.75, 3.05) is 26.0 Å². The first-order chi connectivity index (χ1) is 13.3. The average Bonchev–Trinajstić information content (AvgIpc) is 2.65. The van der Waals surface area contributed by atoms with Gasteiger partial charge in [0.2, 0.25) is 5.91 Å². The van der Waals surface area contributed by atoms with Crippen LogP contribution in [-0.2, 0) is 9.53 Å². The molecule has 9 heteroatoms. The minimum Gasteiger partial charge on any atom is -0.383 e. The third kappa shape index (κ3) is 5.80. The number of hydrogen-bond donors (Lipinski definition) is 2. The van der Waals surface area contributed by atoms with Crippen molar-refractivity contribution in [3.05, 3.63) is 34.6 Å². The van der Waals surface area contributed by atoms with Crippen LogP contribution in [0.25, 0.3) is 10.9 Å². The van der Waals surface area contributed by atoms with Gasteiger partial charge in [-0.2, -0.15) is 0 Å². The fraction of sp³-hybridized carbons (Fsp3) is 0.474. The first kappa shape index (κ1) is 21.9. The van der Waals surface area contributed by atoms with E-state index < -0.39 is 11.9 Å². The molecule has 0 aliphatic rings. The number of rotatable bonds is 8.